The van der Waals surface area contributed by atoms with Crippen LogP contribution in [0.15, 0.2) is 42.6 Å². The summed E-state index contributed by atoms with van der Waals surface area (Å²) in [6.45, 7) is 0. The molecule has 0 amide bonds. The lowest BCUT2D eigenvalue weighted by Crippen LogP contribution is -2.15. The fourth-order valence-corrected chi connectivity index (χ4v) is 2.92. The van der Waals surface area contributed by atoms with Crippen molar-refractivity contribution in [1.82, 2.24) is 14.6 Å². The lowest BCUT2D eigenvalue weighted by Gasteiger charge is -2.18. The van der Waals surface area contributed by atoms with Gasteiger partial charge in [0.15, 0.2) is 5.82 Å². The highest BCUT2D eigenvalue weighted by Gasteiger charge is 2.33. The van der Waals surface area contributed by atoms with Crippen LogP contribution < -0.4 is 5.32 Å². The van der Waals surface area contributed by atoms with Crippen molar-refractivity contribution >= 4 is 28.9 Å². The zero-order chi connectivity index (χ0) is 16.7. The van der Waals surface area contributed by atoms with Crippen molar-refractivity contribution in [1.29, 1.82) is 0 Å². The van der Waals surface area contributed by atoms with Crippen molar-refractivity contribution in [2.45, 2.75) is 18.9 Å². The number of aromatic nitrogens is 3. The second-order valence-corrected chi connectivity index (χ2v) is 6.31. The average molecular weight is 344 g/mol. The Hall–Kier alpha value is -2.67. The van der Waals surface area contributed by atoms with E-state index in [1.165, 1.54) is 10.7 Å². The number of imidazole rings is 1. The third-order valence-electron chi connectivity index (χ3n) is 4.16. The van der Waals surface area contributed by atoms with Gasteiger partial charge in [0.25, 0.3) is 0 Å². The van der Waals surface area contributed by atoms with Crippen molar-refractivity contribution < 1.29 is 4.92 Å². The molecule has 2 heterocycles. The molecule has 0 aliphatic heterocycles. The summed E-state index contributed by atoms with van der Waals surface area (Å²) in [6, 6.07) is 11.3. The maximum Gasteiger partial charge on any atom is 0.368 e. The Morgan fingerprint density at radius 2 is 2.00 bits per heavy atom. The van der Waals surface area contributed by atoms with Gasteiger partial charge in [0.1, 0.15) is 6.20 Å². The topological polar surface area (TPSA) is 85.4 Å². The van der Waals surface area contributed by atoms with Crippen LogP contribution in [0.25, 0.3) is 5.65 Å². The number of nitrogens with one attached hydrogen (secondary N) is 1. The monoisotopic (exact) mass is 343 g/mol. The Morgan fingerprint density at radius 3 is 2.67 bits per heavy atom. The number of hydrogen-bond donors (Lipinski definition) is 1. The molecule has 8 heteroatoms. The minimum atomic E-state index is -0.492. The van der Waals surface area contributed by atoms with E-state index in [0.29, 0.717) is 22.4 Å². The highest BCUT2D eigenvalue weighted by molar-refractivity contribution is 6.30. The molecule has 3 aromatic rings. The van der Waals surface area contributed by atoms with E-state index in [2.05, 4.69) is 15.4 Å². The van der Waals surface area contributed by atoms with Gasteiger partial charge in [-0.3, -0.25) is 0 Å². The number of nitro groups is 1. The number of nitrogens with zero attached hydrogens (tertiary/aromatic N) is 4. The summed E-state index contributed by atoms with van der Waals surface area (Å²) in [4.78, 5) is 14.6. The van der Waals surface area contributed by atoms with E-state index in [1.54, 1.807) is 12.1 Å². The molecule has 122 valence electrons. The third kappa shape index (κ3) is 2.78. The normalized spacial score (nSPS) is 15.4. The molecule has 0 bridgehead atoms. The molecule has 0 spiro atoms. The van der Waals surface area contributed by atoms with Gasteiger partial charge < -0.3 is 15.4 Å². The molecule has 1 aliphatic carbocycles. The lowest BCUT2D eigenvalue weighted by atomic mass is 10.0. The van der Waals surface area contributed by atoms with E-state index in [0.717, 1.165) is 18.4 Å². The van der Waals surface area contributed by atoms with Crippen LogP contribution in [0.5, 0.6) is 0 Å². The third-order valence-corrected chi connectivity index (χ3v) is 4.41. The second-order valence-electron chi connectivity index (χ2n) is 5.87. The quantitative estimate of drug-likeness (QED) is 0.561. The zero-order valence-corrected chi connectivity index (χ0v) is 13.3. The predicted octanol–water partition coefficient (Wildman–Crippen LogP) is 3.85. The predicted molar refractivity (Wildman–Crippen MR) is 90.2 cm³/mol. The Kier molecular flexibility index (Phi) is 3.57. The van der Waals surface area contributed by atoms with Gasteiger partial charge in [-0.25, -0.2) is 4.98 Å². The first-order valence-corrected chi connectivity index (χ1v) is 8.01. The number of anilines is 1. The second kappa shape index (κ2) is 5.76. The molecule has 1 aromatic carbocycles. The summed E-state index contributed by atoms with van der Waals surface area (Å²) in [5.74, 6) is 0.958. The van der Waals surface area contributed by atoms with E-state index in [1.807, 2.05) is 24.3 Å². The smallest absolute Gasteiger partial charge is 0.360 e. The Bertz CT molecular complexity index is 904. The van der Waals surface area contributed by atoms with Crippen LogP contribution in [0.3, 0.4) is 0 Å². The van der Waals surface area contributed by atoms with Crippen LogP contribution in [0.1, 0.15) is 24.4 Å². The molecule has 1 N–H and O–H groups in total. The van der Waals surface area contributed by atoms with Gasteiger partial charge in [-0.2, -0.15) is 0 Å². The SMILES string of the molecule is O=[N+]([O-])c1cnc2ccc(NC(c3ccc(Cl)cc3)C3CC3)nn12. The van der Waals surface area contributed by atoms with Crippen LogP contribution in [-0.2, 0) is 0 Å². The number of fused-ring (bicyclic) bond motifs is 1. The van der Waals surface area contributed by atoms with Crippen molar-refractivity contribution in [3.8, 4) is 0 Å². The molecular weight excluding hydrogens is 330 g/mol. The summed E-state index contributed by atoms with van der Waals surface area (Å²) in [7, 11) is 0. The molecule has 7 nitrogen and oxygen atoms in total. The Morgan fingerprint density at radius 1 is 1.25 bits per heavy atom. The summed E-state index contributed by atoms with van der Waals surface area (Å²) >= 11 is 5.96. The molecule has 1 aliphatic rings. The highest BCUT2D eigenvalue weighted by atomic mass is 35.5. The van der Waals surface area contributed by atoms with Gasteiger partial charge in [-0.1, -0.05) is 33.3 Å². The molecule has 0 saturated heterocycles. The summed E-state index contributed by atoms with van der Waals surface area (Å²) in [5, 5.41) is 19.5. The van der Waals surface area contributed by atoms with Gasteiger partial charge >= 0.3 is 5.82 Å². The average Bonchev–Trinajstić information content (AvgIpc) is 3.32. The van der Waals surface area contributed by atoms with E-state index in [-0.39, 0.29) is 11.9 Å². The van der Waals surface area contributed by atoms with Gasteiger partial charge in [0.05, 0.1) is 6.04 Å². The fourth-order valence-electron chi connectivity index (χ4n) is 2.80. The first kappa shape index (κ1) is 14.9. The number of hydrogen-bond acceptors (Lipinski definition) is 5. The van der Waals surface area contributed by atoms with Crippen molar-refractivity contribution in [3.63, 3.8) is 0 Å². The molecule has 24 heavy (non-hydrogen) atoms. The van der Waals surface area contributed by atoms with Gasteiger partial charge in [0.2, 0.25) is 5.65 Å². The molecule has 2 aromatic heterocycles. The summed E-state index contributed by atoms with van der Waals surface area (Å²) in [6.07, 6.45) is 3.51. The largest absolute Gasteiger partial charge is 0.368 e. The standard InChI is InChI=1S/C16H14ClN5O2/c17-12-5-3-11(4-6-12)16(10-1-2-10)19-13-7-8-14-18-9-15(22(23)24)21(14)20-13/h3-10,16H,1-2H2,(H,19,20). The van der Waals surface area contributed by atoms with Crippen LogP contribution in [0, 0.1) is 16.0 Å². The molecule has 1 saturated carbocycles. The number of halogens is 1. The molecule has 4 rings (SSSR count). The van der Waals surface area contributed by atoms with E-state index in [9.17, 15) is 10.1 Å². The number of rotatable bonds is 5. The fraction of sp³-hybridized carbons (Fsp3) is 0.250. The first-order chi connectivity index (χ1) is 11.6. The van der Waals surface area contributed by atoms with Crippen LogP contribution in [0.4, 0.5) is 11.6 Å². The van der Waals surface area contributed by atoms with Crippen LogP contribution in [0.2, 0.25) is 5.02 Å². The number of benzene rings is 1. The van der Waals surface area contributed by atoms with Crippen molar-refractivity contribution in [2.75, 3.05) is 5.32 Å². The Balaban J connectivity index is 1.67. The van der Waals surface area contributed by atoms with Crippen molar-refractivity contribution in [2.24, 2.45) is 5.92 Å². The van der Waals surface area contributed by atoms with Crippen LogP contribution >= 0.6 is 11.6 Å². The van der Waals surface area contributed by atoms with E-state index < -0.39 is 4.92 Å². The molecule has 1 atom stereocenters. The Labute approximate surface area is 142 Å². The van der Waals surface area contributed by atoms with Gasteiger partial charge in [-0.05, 0) is 47.4 Å². The zero-order valence-electron chi connectivity index (χ0n) is 12.6. The van der Waals surface area contributed by atoms with Gasteiger partial charge in [0, 0.05) is 11.1 Å². The maximum atomic E-state index is 11.1. The maximum absolute atomic E-state index is 11.1. The molecule has 1 unspecified atom stereocenters. The first-order valence-electron chi connectivity index (χ1n) is 7.63. The summed E-state index contributed by atoms with van der Waals surface area (Å²) in [5.41, 5.74) is 1.57. The highest BCUT2D eigenvalue weighted by Crippen LogP contribution is 2.42. The minimum absolute atomic E-state index is 0.106. The minimum Gasteiger partial charge on any atom is -0.360 e. The summed E-state index contributed by atoms with van der Waals surface area (Å²) < 4.78 is 1.24. The van der Waals surface area contributed by atoms with E-state index >= 15 is 0 Å². The molecule has 0 radical (unpaired) electrons. The van der Waals surface area contributed by atoms with Crippen LogP contribution in [-0.4, -0.2) is 19.5 Å². The molecule has 1 fully saturated rings. The van der Waals surface area contributed by atoms with Crippen molar-refractivity contribution in [3.05, 3.63) is 63.3 Å². The lowest BCUT2D eigenvalue weighted by molar-refractivity contribution is -0.391. The van der Waals surface area contributed by atoms with E-state index in [4.69, 9.17) is 11.6 Å². The molecular formula is C16H14ClN5O2. The van der Waals surface area contributed by atoms with Gasteiger partial charge in [-0.15, -0.1) is 0 Å².